The maximum atomic E-state index is 14.6. The van der Waals surface area contributed by atoms with E-state index >= 15 is 0 Å². The zero-order valence-electron chi connectivity index (χ0n) is 71.3. The van der Waals surface area contributed by atoms with Crippen molar-refractivity contribution in [3.8, 4) is 11.5 Å². The van der Waals surface area contributed by atoms with Crippen molar-refractivity contribution >= 4 is 14.0 Å². The van der Waals surface area contributed by atoms with E-state index in [1.807, 2.05) is 280 Å². The predicted molar refractivity (Wildman–Crippen MR) is 468 cm³/mol. The van der Waals surface area contributed by atoms with Gasteiger partial charge in [0.25, 0.3) is 0 Å². The normalized spacial score (nSPS) is 26.5. The number of carbonyl (C=O) groups excluding carboxylic acids is 1. The van der Waals surface area contributed by atoms with Crippen molar-refractivity contribution in [1.82, 2.24) is 5.32 Å². The SMILES string of the molecule is COc1ccc(OC[C@H]2O[C@@H](O[C@H]3[C@@H](OCc4ccccc4)[C@@H](COCc4ccccc4)O[C@@H](O[C@H]4[C@H](OCc5ccccc5)[C@@H](OCc5ccccc5)[C@H](OCC[Si](C)(C)C)O[C@@H]4COCc4ccccc4)[C@@H]3OCc3ccccc3)[C@H](NC(C)=O)[C@@H](O[C@@H]3O[C@@H](C)[C@@H](OCc4ccccc4)[C@@H](OCc4ccccc4)[C@@H]3OCc3ccccc3)[C@@H]2O)cc1. The highest BCUT2D eigenvalue weighted by Gasteiger charge is 2.59. The number of ether oxygens (including phenoxy) is 19. The predicted octanol–water partition coefficient (Wildman–Crippen LogP) is 15.9. The first-order valence-corrected chi connectivity index (χ1v) is 46.7. The molecule has 0 bridgehead atoms. The van der Waals surface area contributed by atoms with Gasteiger partial charge in [-0.2, -0.15) is 0 Å². The molecule has 14 rings (SSSR count). The van der Waals surface area contributed by atoms with Crippen LogP contribution in [0.15, 0.2) is 297 Å². The summed E-state index contributed by atoms with van der Waals surface area (Å²) in [6, 6.07) is 95.1. The maximum Gasteiger partial charge on any atom is 0.217 e. The average molecular weight is 1710 g/mol. The van der Waals surface area contributed by atoms with Crippen molar-refractivity contribution in [3.63, 3.8) is 0 Å². The average Bonchev–Trinajstić information content (AvgIpc) is 0.758. The molecule has 0 spiro atoms. The molecule has 2 N–H and O–H groups in total. The van der Waals surface area contributed by atoms with Crippen LogP contribution in [0, 0.1) is 0 Å². The van der Waals surface area contributed by atoms with Gasteiger partial charge in [0.05, 0.1) is 85.9 Å². The first kappa shape index (κ1) is 91.0. The fourth-order valence-corrected chi connectivity index (χ4v) is 16.4. The van der Waals surface area contributed by atoms with Gasteiger partial charge in [-0.05, 0) is 87.3 Å². The number of aliphatic hydroxyl groups excluding tert-OH is 1. The molecule has 1 amide bonds. The minimum absolute atomic E-state index is 0.0282. The van der Waals surface area contributed by atoms with Crippen LogP contribution in [0.2, 0.25) is 25.7 Å². The Labute approximate surface area is 729 Å². The number of hydrogen-bond acceptors (Lipinski definition) is 21. The van der Waals surface area contributed by atoms with Crippen LogP contribution >= 0.6 is 0 Å². The Morgan fingerprint density at radius 1 is 0.331 bits per heavy atom. The largest absolute Gasteiger partial charge is 0.497 e. The third-order valence-corrected chi connectivity index (χ3v) is 23.9. The summed E-state index contributed by atoms with van der Waals surface area (Å²) < 4.78 is 137. The van der Waals surface area contributed by atoms with Crippen LogP contribution in [0.4, 0.5) is 0 Å². The molecular formula is C101H117NO21Si. The van der Waals surface area contributed by atoms with Crippen molar-refractivity contribution in [3.05, 3.63) is 347 Å². The fourth-order valence-electron chi connectivity index (χ4n) is 15.6. The Balaban J connectivity index is 0.909. The van der Waals surface area contributed by atoms with Gasteiger partial charge in [0.15, 0.2) is 25.2 Å². The van der Waals surface area contributed by atoms with E-state index in [0.717, 1.165) is 56.1 Å². The Kier molecular flexibility index (Phi) is 34.4. The highest BCUT2D eigenvalue weighted by molar-refractivity contribution is 6.76. The van der Waals surface area contributed by atoms with Gasteiger partial charge in [-0.15, -0.1) is 0 Å². The molecule has 10 aromatic carbocycles. The van der Waals surface area contributed by atoms with Crippen molar-refractivity contribution in [1.29, 1.82) is 0 Å². The molecule has 0 radical (unpaired) electrons. The molecule has 23 heteroatoms. The molecule has 0 unspecified atom stereocenters. The number of rotatable bonds is 44. The molecule has 656 valence electrons. The number of nitrogens with one attached hydrogen (secondary N) is 1. The van der Waals surface area contributed by atoms with E-state index in [4.69, 9.17) is 90.0 Å². The summed E-state index contributed by atoms with van der Waals surface area (Å²) in [5, 5.41) is 16.8. The van der Waals surface area contributed by atoms with Gasteiger partial charge in [0, 0.05) is 21.6 Å². The lowest BCUT2D eigenvalue weighted by atomic mass is 9.93. The zero-order chi connectivity index (χ0) is 85.7. The van der Waals surface area contributed by atoms with E-state index in [-0.39, 0.29) is 79.3 Å². The van der Waals surface area contributed by atoms with Gasteiger partial charge in [0.1, 0.15) is 110 Å². The lowest BCUT2D eigenvalue weighted by Crippen LogP contribution is -2.70. The van der Waals surface area contributed by atoms with Crippen molar-refractivity contribution in [2.45, 2.75) is 222 Å². The first-order chi connectivity index (χ1) is 60.7. The Hall–Kier alpha value is -9.23. The third kappa shape index (κ3) is 26.7. The second kappa shape index (κ2) is 46.8. The Morgan fingerprint density at radius 2 is 0.645 bits per heavy atom. The van der Waals surface area contributed by atoms with Crippen molar-refractivity contribution in [2.75, 3.05) is 33.5 Å². The molecular weight excluding hydrogens is 1590 g/mol. The smallest absolute Gasteiger partial charge is 0.217 e. The minimum atomic E-state index is -1.71. The third-order valence-electron chi connectivity index (χ3n) is 22.2. The number of aliphatic hydroxyl groups is 1. The standard InChI is InChI=1S/C101H117NO21Si/c1-70-88(110-60-74-38-20-9-21-39-74)92(112-62-76-42-24-11-25-43-76)96(115-65-79-48-30-14-31-49-79)100(117-70)122-91-86(102-71(2)103)98(118-83(87(91)104)69-109-82-54-52-81(105-3)53-55-82)123-94-89(111-61-75-40-22-10-23-41-75)84(67-106-58-72-34-16-7-17-35-72)120-101(97(94)116-66-80-50-32-15-33-51-80)121-90-85(68-107-59-73-36-18-8-19-37-73)119-99(108-56-57-124(4,5)6)95(114-64-78-46-28-13-29-47-78)93(90)113-63-77-44-26-12-27-45-77/h7-55,70,83-101,104H,56-69H2,1-6H3,(H,102,103)/t70-,83+,84+,85+,86+,87+,88+,89-,90+,91+,92+,93-,94-,95+,96-,97+,98-,99+,100-,101-/m0/s1. The number of hydrogen-bond donors (Lipinski definition) is 2. The van der Waals surface area contributed by atoms with Gasteiger partial charge in [-0.1, -0.05) is 293 Å². The fraction of sp³-hybridized carbons (Fsp3) is 0.396. The molecule has 0 aliphatic carbocycles. The highest BCUT2D eigenvalue weighted by atomic mass is 28.3. The number of methoxy groups -OCH3 is 1. The maximum absolute atomic E-state index is 14.6. The molecule has 0 aromatic heterocycles. The lowest BCUT2D eigenvalue weighted by Gasteiger charge is -2.52. The van der Waals surface area contributed by atoms with Gasteiger partial charge >= 0.3 is 0 Å². The zero-order valence-corrected chi connectivity index (χ0v) is 72.3. The molecule has 124 heavy (non-hydrogen) atoms. The topological polar surface area (TPSA) is 225 Å². The van der Waals surface area contributed by atoms with Crippen LogP contribution < -0.4 is 14.8 Å². The molecule has 20 atom stereocenters. The molecule has 4 aliphatic rings. The molecule has 10 aromatic rings. The van der Waals surface area contributed by atoms with Crippen LogP contribution in [0.5, 0.6) is 11.5 Å². The van der Waals surface area contributed by atoms with Crippen LogP contribution in [0.1, 0.15) is 63.9 Å². The highest BCUT2D eigenvalue weighted by Crippen LogP contribution is 2.41. The molecule has 0 saturated carbocycles. The van der Waals surface area contributed by atoms with E-state index in [0.29, 0.717) is 18.1 Å². The van der Waals surface area contributed by atoms with Crippen LogP contribution in [-0.4, -0.2) is 175 Å². The number of amides is 1. The molecule has 4 fully saturated rings. The van der Waals surface area contributed by atoms with Gasteiger partial charge < -0.3 is 100 Å². The summed E-state index contributed by atoms with van der Waals surface area (Å²) in [5.41, 5.74) is 7.94. The van der Waals surface area contributed by atoms with E-state index in [2.05, 4.69) is 25.0 Å². The quantitative estimate of drug-likeness (QED) is 0.0339. The second-order valence-corrected chi connectivity index (χ2v) is 38.5. The van der Waals surface area contributed by atoms with Gasteiger partial charge in [0.2, 0.25) is 5.91 Å². The van der Waals surface area contributed by atoms with Gasteiger partial charge in [-0.25, -0.2) is 0 Å². The van der Waals surface area contributed by atoms with E-state index in [9.17, 15) is 9.90 Å². The lowest BCUT2D eigenvalue weighted by molar-refractivity contribution is -0.392. The van der Waals surface area contributed by atoms with E-state index in [1.165, 1.54) is 6.92 Å². The molecule has 4 saturated heterocycles. The molecule has 4 heterocycles. The van der Waals surface area contributed by atoms with Crippen LogP contribution in [-0.2, 0) is 145 Å². The van der Waals surface area contributed by atoms with Crippen molar-refractivity contribution < 1.29 is 99.9 Å². The monoisotopic (exact) mass is 1710 g/mol. The number of benzene rings is 10. The molecule has 4 aliphatic heterocycles. The summed E-state index contributed by atoms with van der Waals surface area (Å²) in [4.78, 5) is 14.6. The minimum Gasteiger partial charge on any atom is -0.497 e. The summed E-state index contributed by atoms with van der Waals surface area (Å²) in [7, 11) is -0.123. The van der Waals surface area contributed by atoms with Crippen molar-refractivity contribution in [2.24, 2.45) is 0 Å². The summed E-state index contributed by atoms with van der Waals surface area (Å²) in [6.07, 6.45) is -22.4. The van der Waals surface area contributed by atoms with E-state index < -0.39 is 137 Å². The molecule has 22 nitrogen and oxygen atoms in total. The first-order valence-electron chi connectivity index (χ1n) is 42.9. The Bertz CT molecular complexity index is 4660. The Morgan fingerprint density at radius 3 is 1.05 bits per heavy atom. The van der Waals surface area contributed by atoms with Gasteiger partial charge in [-0.3, -0.25) is 4.79 Å². The van der Waals surface area contributed by atoms with E-state index in [1.54, 1.807) is 31.4 Å². The number of carbonyl (C=O) groups is 1. The van der Waals surface area contributed by atoms with Crippen LogP contribution in [0.25, 0.3) is 0 Å². The summed E-state index contributed by atoms with van der Waals surface area (Å²) in [6.45, 7) is 11.2. The van der Waals surface area contributed by atoms with Crippen LogP contribution in [0.3, 0.4) is 0 Å². The second-order valence-electron chi connectivity index (χ2n) is 32.9. The summed E-state index contributed by atoms with van der Waals surface area (Å²) >= 11 is 0. The summed E-state index contributed by atoms with van der Waals surface area (Å²) in [5.74, 6) is 0.505.